The van der Waals surface area contributed by atoms with Crippen molar-refractivity contribution in [1.82, 2.24) is 4.98 Å². The number of aromatic nitrogens is 1. The molecule has 1 unspecified atom stereocenters. The monoisotopic (exact) mass is 485 g/mol. The normalized spacial score (nSPS) is 14.1. The summed E-state index contributed by atoms with van der Waals surface area (Å²) < 4.78 is 10.9. The SMILES string of the molecule is COc1ccc(C(=O)Nc2nc3c(s2)CCC3C(=O)Nc2ccc(Oc3ccccc3)cc2)cc1. The van der Waals surface area contributed by atoms with Gasteiger partial charge < -0.3 is 14.8 Å². The smallest absolute Gasteiger partial charge is 0.257 e. The van der Waals surface area contributed by atoms with Gasteiger partial charge in [-0.15, -0.1) is 11.3 Å². The van der Waals surface area contributed by atoms with Gasteiger partial charge >= 0.3 is 0 Å². The number of amides is 2. The van der Waals surface area contributed by atoms with E-state index in [2.05, 4.69) is 15.6 Å². The van der Waals surface area contributed by atoms with Crippen molar-refractivity contribution < 1.29 is 19.1 Å². The lowest BCUT2D eigenvalue weighted by atomic mass is 10.1. The summed E-state index contributed by atoms with van der Waals surface area (Å²) in [4.78, 5) is 31.2. The van der Waals surface area contributed by atoms with Crippen LogP contribution in [0, 0.1) is 0 Å². The first-order valence-corrected chi connectivity index (χ1v) is 12.0. The molecule has 1 atom stereocenters. The minimum atomic E-state index is -0.354. The second-order valence-electron chi connectivity index (χ2n) is 8.03. The van der Waals surface area contributed by atoms with E-state index in [0.717, 1.165) is 22.7 Å². The highest BCUT2D eigenvalue weighted by atomic mass is 32.1. The zero-order valence-corrected chi connectivity index (χ0v) is 19.8. The molecule has 1 aliphatic rings. The van der Waals surface area contributed by atoms with Crippen molar-refractivity contribution in [1.29, 1.82) is 0 Å². The molecule has 176 valence electrons. The first-order chi connectivity index (χ1) is 17.1. The molecule has 0 saturated heterocycles. The second-order valence-corrected chi connectivity index (χ2v) is 9.11. The number of aryl methyl sites for hydroxylation is 1. The third-order valence-electron chi connectivity index (χ3n) is 5.71. The number of carbonyl (C=O) groups excluding carboxylic acids is 2. The van der Waals surface area contributed by atoms with Gasteiger partial charge in [0.1, 0.15) is 17.2 Å². The van der Waals surface area contributed by atoms with Gasteiger partial charge in [0.25, 0.3) is 5.91 Å². The Kier molecular flexibility index (Phi) is 6.45. The Morgan fingerprint density at radius 3 is 2.29 bits per heavy atom. The number of methoxy groups -OCH3 is 1. The number of nitrogens with zero attached hydrogens (tertiary/aromatic N) is 1. The topological polar surface area (TPSA) is 89.5 Å². The standard InChI is InChI=1S/C27H23N3O4S/c1-33-19-11-7-17(8-12-19)25(31)30-27-29-24-22(15-16-23(24)35-27)26(32)28-18-9-13-21(14-10-18)34-20-5-3-2-4-6-20/h2-14,22H,15-16H2,1H3,(H,28,32)(H,29,30,31). The molecule has 3 aromatic carbocycles. The fourth-order valence-electron chi connectivity index (χ4n) is 3.91. The van der Waals surface area contributed by atoms with Crippen LogP contribution in [0.1, 0.15) is 33.3 Å². The Labute approximate surface area is 206 Å². The van der Waals surface area contributed by atoms with Crippen LogP contribution in [0.25, 0.3) is 0 Å². The van der Waals surface area contributed by atoms with Gasteiger partial charge in [-0.05, 0) is 73.5 Å². The molecule has 0 fully saturated rings. The van der Waals surface area contributed by atoms with Gasteiger partial charge in [-0.2, -0.15) is 0 Å². The lowest BCUT2D eigenvalue weighted by Crippen LogP contribution is -2.20. The van der Waals surface area contributed by atoms with Crippen LogP contribution in [0.3, 0.4) is 0 Å². The zero-order chi connectivity index (χ0) is 24.2. The zero-order valence-electron chi connectivity index (χ0n) is 19.0. The average molecular weight is 486 g/mol. The largest absolute Gasteiger partial charge is 0.497 e. The molecule has 8 heteroatoms. The molecule has 0 spiro atoms. The maximum atomic E-state index is 13.0. The fraction of sp³-hybridized carbons (Fsp3) is 0.148. The lowest BCUT2D eigenvalue weighted by Gasteiger charge is -2.12. The summed E-state index contributed by atoms with van der Waals surface area (Å²) in [7, 11) is 1.58. The summed E-state index contributed by atoms with van der Waals surface area (Å²) in [5, 5.41) is 6.31. The van der Waals surface area contributed by atoms with E-state index in [1.807, 2.05) is 54.6 Å². The summed E-state index contributed by atoms with van der Waals surface area (Å²) in [5.41, 5.74) is 1.93. The van der Waals surface area contributed by atoms with Gasteiger partial charge in [-0.3, -0.25) is 14.9 Å². The minimum absolute atomic E-state index is 0.112. The van der Waals surface area contributed by atoms with Crippen LogP contribution >= 0.6 is 11.3 Å². The van der Waals surface area contributed by atoms with E-state index in [0.29, 0.717) is 34.3 Å². The highest BCUT2D eigenvalue weighted by Crippen LogP contribution is 2.39. The molecular weight excluding hydrogens is 462 g/mol. The van der Waals surface area contributed by atoms with E-state index in [1.54, 1.807) is 31.4 Å². The lowest BCUT2D eigenvalue weighted by molar-refractivity contribution is -0.117. The molecule has 35 heavy (non-hydrogen) atoms. The highest BCUT2D eigenvalue weighted by molar-refractivity contribution is 7.16. The Hall–Kier alpha value is -4.17. The van der Waals surface area contributed by atoms with Crippen molar-refractivity contribution in [3.63, 3.8) is 0 Å². The number of rotatable bonds is 7. The summed E-state index contributed by atoms with van der Waals surface area (Å²) >= 11 is 1.42. The Balaban J connectivity index is 1.21. The predicted molar refractivity (Wildman–Crippen MR) is 136 cm³/mol. The quantitative estimate of drug-likeness (QED) is 0.342. The number of fused-ring (bicyclic) bond motifs is 1. The fourth-order valence-corrected chi connectivity index (χ4v) is 4.94. The van der Waals surface area contributed by atoms with Crippen molar-refractivity contribution in [2.45, 2.75) is 18.8 Å². The molecule has 7 nitrogen and oxygen atoms in total. The van der Waals surface area contributed by atoms with E-state index in [4.69, 9.17) is 9.47 Å². The first kappa shape index (κ1) is 22.6. The molecule has 1 heterocycles. The summed E-state index contributed by atoms with van der Waals surface area (Å²) in [6.07, 6.45) is 1.45. The van der Waals surface area contributed by atoms with Crippen molar-refractivity contribution in [3.05, 3.63) is 95.0 Å². The van der Waals surface area contributed by atoms with Gasteiger partial charge in [0.05, 0.1) is 18.7 Å². The van der Waals surface area contributed by atoms with E-state index < -0.39 is 0 Å². The maximum Gasteiger partial charge on any atom is 0.257 e. The van der Waals surface area contributed by atoms with E-state index in [9.17, 15) is 9.59 Å². The first-order valence-electron chi connectivity index (χ1n) is 11.2. The van der Waals surface area contributed by atoms with E-state index >= 15 is 0 Å². The second kappa shape index (κ2) is 9.99. The van der Waals surface area contributed by atoms with Crippen LogP contribution in [0.2, 0.25) is 0 Å². The number of carbonyl (C=O) groups is 2. The van der Waals surface area contributed by atoms with Gasteiger partial charge in [-0.1, -0.05) is 18.2 Å². The number of hydrogen-bond acceptors (Lipinski definition) is 6. The molecule has 1 aromatic heterocycles. The van der Waals surface area contributed by atoms with Gasteiger partial charge in [0.15, 0.2) is 5.13 Å². The number of hydrogen-bond donors (Lipinski definition) is 2. The van der Waals surface area contributed by atoms with Crippen molar-refractivity contribution >= 4 is 34.0 Å². The number of thiazole rings is 1. The van der Waals surface area contributed by atoms with Crippen LogP contribution < -0.4 is 20.1 Å². The van der Waals surface area contributed by atoms with Crippen molar-refractivity contribution in [3.8, 4) is 17.2 Å². The summed E-state index contributed by atoms with van der Waals surface area (Å²) in [6.45, 7) is 0. The van der Waals surface area contributed by atoms with Crippen LogP contribution in [-0.4, -0.2) is 23.9 Å². The molecular formula is C27H23N3O4S. The Morgan fingerprint density at radius 2 is 1.57 bits per heavy atom. The van der Waals surface area contributed by atoms with Crippen LogP contribution in [0.5, 0.6) is 17.2 Å². The van der Waals surface area contributed by atoms with Crippen LogP contribution in [0.15, 0.2) is 78.9 Å². The molecule has 5 rings (SSSR count). The molecule has 0 radical (unpaired) electrons. The number of nitrogens with one attached hydrogen (secondary N) is 2. The van der Waals surface area contributed by atoms with Crippen LogP contribution in [-0.2, 0) is 11.2 Å². The van der Waals surface area contributed by atoms with Crippen molar-refractivity contribution in [2.24, 2.45) is 0 Å². The average Bonchev–Trinajstić information content (AvgIpc) is 3.46. The molecule has 2 amide bonds. The van der Waals surface area contributed by atoms with Gasteiger partial charge in [-0.25, -0.2) is 4.98 Å². The third-order valence-corrected chi connectivity index (χ3v) is 6.75. The highest BCUT2D eigenvalue weighted by Gasteiger charge is 2.33. The summed E-state index contributed by atoms with van der Waals surface area (Å²) in [5.74, 6) is 1.41. The minimum Gasteiger partial charge on any atom is -0.497 e. The number of anilines is 2. The van der Waals surface area contributed by atoms with E-state index in [1.165, 1.54) is 11.3 Å². The molecule has 0 bridgehead atoms. The number of ether oxygens (including phenoxy) is 2. The summed E-state index contributed by atoms with van der Waals surface area (Å²) in [6, 6.07) is 23.6. The van der Waals surface area contributed by atoms with Crippen molar-refractivity contribution in [2.75, 3.05) is 17.7 Å². The number of benzene rings is 3. The number of para-hydroxylation sites is 1. The molecule has 2 N–H and O–H groups in total. The Morgan fingerprint density at radius 1 is 0.886 bits per heavy atom. The van der Waals surface area contributed by atoms with Crippen LogP contribution in [0.4, 0.5) is 10.8 Å². The maximum absolute atomic E-state index is 13.0. The van der Waals surface area contributed by atoms with Gasteiger partial charge in [0, 0.05) is 16.1 Å². The molecule has 1 aliphatic carbocycles. The molecule has 4 aromatic rings. The molecule has 0 aliphatic heterocycles. The Bertz CT molecular complexity index is 1340. The van der Waals surface area contributed by atoms with Gasteiger partial charge in [0.2, 0.25) is 5.91 Å². The third kappa shape index (κ3) is 5.17. The predicted octanol–water partition coefficient (Wildman–Crippen LogP) is 5.86. The molecule has 0 saturated carbocycles. The van der Waals surface area contributed by atoms with E-state index in [-0.39, 0.29) is 17.7 Å².